The van der Waals surface area contributed by atoms with E-state index in [0.717, 1.165) is 29.0 Å². The number of imidazole rings is 1. The van der Waals surface area contributed by atoms with Crippen molar-refractivity contribution < 1.29 is 0 Å². The molecule has 1 aromatic heterocycles. The Bertz CT molecular complexity index is 790. The first-order valence-electron chi connectivity index (χ1n) is 7.94. The Hall–Kier alpha value is -1.62. The second kappa shape index (κ2) is 7.51. The van der Waals surface area contributed by atoms with Gasteiger partial charge in [0.05, 0.1) is 17.9 Å². The molecular formula is C19H19BrClN3. The first-order valence-corrected chi connectivity index (χ1v) is 8.73. The van der Waals surface area contributed by atoms with E-state index in [4.69, 9.17) is 0 Å². The van der Waals surface area contributed by atoms with Crippen LogP contribution in [0, 0.1) is 0 Å². The highest BCUT2D eigenvalue weighted by Gasteiger charge is 2.19. The van der Waals surface area contributed by atoms with Gasteiger partial charge in [-0.15, -0.1) is 12.4 Å². The van der Waals surface area contributed by atoms with Crippen molar-refractivity contribution in [2.24, 2.45) is 0 Å². The molecule has 0 bridgehead atoms. The smallest absolute Gasteiger partial charge is 0.123 e. The van der Waals surface area contributed by atoms with Crippen LogP contribution in [0.25, 0.3) is 22.4 Å². The lowest BCUT2D eigenvalue weighted by Gasteiger charge is -2.06. The van der Waals surface area contributed by atoms with E-state index in [-0.39, 0.29) is 12.4 Å². The minimum Gasteiger partial charge on any atom is -0.341 e. The lowest BCUT2D eigenvalue weighted by Crippen LogP contribution is -2.14. The van der Waals surface area contributed by atoms with Gasteiger partial charge in [-0.05, 0) is 48.2 Å². The van der Waals surface area contributed by atoms with Gasteiger partial charge in [-0.2, -0.15) is 0 Å². The van der Waals surface area contributed by atoms with E-state index in [1.165, 1.54) is 23.1 Å². The predicted octanol–water partition coefficient (Wildman–Crippen LogP) is 5.35. The number of benzene rings is 2. The van der Waals surface area contributed by atoms with Crippen molar-refractivity contribution in [1.29, 1.82) is 0 Å². The van der Waals surface area contributed by atoms with E-state index in [1.54, 1.807) is 0 Å². The van der Waals surface area contributed by atoms with Gasteiger partial charge in [-0.1, -0.05) is 52.3 Å². The highest BCUT2D eigenvalue weighted by atomic mass is 79.9. The Morgan fingerprint density at radius 3 is 2.17 bits per heavy atom. The van der Waals surface area contributed by atoms with Gasteiger partial charge < -0.3 is 10.3 Å². The highest BCUT2D eigenvalue weighted by Crippen LogP contribution is 2.27. The molecule has 24 heavy (non-hydrogen) atoms. The monoisotopic (exact) mass is 403 g/mol. The summed E-state index contributed by atoms with van der Waals surface area (Å²) in [6, 6.07) is 17.4. The Morgan fingerprint density at radius 2 is 1.54 bits per heavy atom. The van der Waals surface area contributed by atoms with Crippen LogP contribution in [0.4, 0.5) is 0 Å². The fraction of sp³-hybridized carbons (Fsp3) is 0.211. The summed E-state index contributed by atoms with van der Waals surface area (Å²) in [4.78, 5) is 8.00. The topological polar surface area (TPSA) is 40.7 Å². The van der Waals surface area contributed by atoms with E-state index < -0.39 is 0 Å². The molecule has 5 heteroatoms. The first kappa shape index (κ1) is 17.2. The van der Waals surface area contributed by atoms with Crippen molar-refractivity contribution >= 4 is 28.3 Å². The summed E-state index contributed by atoms with van der Waals surface area (Å²) in [5.41, 5.74) is 4.69. The van der Waals surface area contributed by atoms with Crippen molar-refractivity contribution in [1.82, 2.24) is 15.3 Å². The number of nitrogens with zero attached hydrogens (tertiary/aromatic N) is 1. The average molecular weight is 405 g/mol. The zero-order valence-electron chi connectivity index (χ0n) is 13.1. The Morgan fingerprint density at radius 1 is 0.917 bits per heavy atom. The van der Waals surface area contributed by atoms with Gasteiger partial charge in [0.25, 0.3) is 0 Å². The number of hydrogen-bond acceptors (Lipinski definition) is 2. The van der Waals surface area contributed by atoms with Gasteiger partial charge in [0, 0.05) is 4.47 Å². The van der Waals surface area contributed by atoms with E-state index >= 15 is 0 Å². The van der Waals surface area contributed by atoms with E-state index in [2.05, 4.69) is 79.7 Å². The molecule has 2 aromatic carbocycles. The molecule has 0 saturated carbocycles. The molecule has 1 fully saturated rings. The van der Waals surface area contributed by atoms with Gasteiger partial charge in [-0.25, -0.2) is 4.98 Å². The van der Waals surface area contributed by atoms with Crippen LogP contribution < -0.4 is 5.32 Å². The number of hydrogen-bond donors (Lipinski definition) is 2. The summed E-state index contributed by atoms with van der Waals surface area (Å²) in [7, 11) is 0. The minimum atomic E-state index is 0. The Balaban J connectivity index is 0.00000169. The van der Waals surface area contributed by atoms with Crippen LogP contribution in [0.3, 0.4) is 0 Å². The van der Waals surface area contributed by atoms with Crippen molar-refractivity contribution in [3.63, 3.8) is 0 Å². The number of H-pyrrole nitrogens is 1. The van der Waals surface area contributed by atoms with Crippen molar-refractivity contribution in [3.8, 4) is 22.4 Å². The summed E-state index contributed by atoms with van der Waals surface area (Å²) >= 11 is 3.47. The normalized spacial score (nSPS) is 16.8. The molecule has 1 atom stereocenters. The van der Waals surface area contributed by atoms with Gasteiger partial charge in [-0.3, -0.25) is 0 Å². The summed E-state index contributed by atoms with van der Waals surface area (Å²) in [5, 5.41) is 3.48. The second-order valence-corrected chi connectivity index (χ2v) is 6.83. The lowest BCUT2D eigenvalue weighted by molar-refractivity contribution is 0.613. The molecule has 1 aliphatic heterocycles. The van der Waals surface area contributed by atoms with Gasteiger partial charge in [0.2, 0.25) is 0 Å². The third-order valence-corrected chi connectivity index (χ3v) is 4.89. The summed E-state index contributed by atoms with van der Waals surface area (Å²) < 4.78 is 1.10. The quantitative estimate of drug-likeness (QED) is 0.617. The molecule has 2 heterocycles. The van der Waals surface area contributed by atoms with Gasteiger partial charge in [0.1, 0.15) is 5.82 Å². The van der Waals surface area contributed by atoms with Gasteiger partial charge >= 0.3 is 0 Å². The lowest BCUT2D eigenvalue weighted by atomic mass is 10.0. The molecular weight excluding hydrogens is 386 g/mol. The first-order chi connectivity index (χ1) is 11.3. The van der Waals surface area contributed by atoms with Crippen molar-refractivity contribution in [2.75, 3.05) is 6.54 Å². The number of rotatable bonds is 3. The van der Waals surface area contributed by atoms with Crippen molar-refractivity contribution in [2.45, 2.75) is 18.9 Å². The van der Waals surface area contributed by atoms with Gasteiger partial charge in [0.15, 0.2) is 0 Å². The Kier molecular flexibility index (Phi) is 5.39. The predicted molar refractivity (Wildman–Crippen MR) is 104 cm³/mol. The molecule has 0 radical (unpaired) electrons. The molecule has 0 aliphatic carbocycles. The largest absolute Gasteiger partial charge is 0.341 e. The van der Waals surface area contributed by atoms with Crippen LogP contribution in [0.2, 0.25) is 0 Å². The number of halogens is 2. The molecule has 3 aromatic rings. The molecule has 2 N–H and O–H groups in total. The molecule has 4 rings (SSSR count). The fourth-order valence-electron chi connectivity index (χ4n) is 3.06. The zero-order chi connectivity index (χ0) is 15.6. The summed E-state index contributed by atoms with van der Waals surface area (Å²) in [6.07, 6.45) is 4.32. The van der Waals surface area contributed by atoms with Crippen LogP contribution in [0.5, 0.6) is 0 Å². The number of aromatic amines is 1. The summed E-state index contributed by atoms with van der Waals surface area (Å²) in [6.45, 7) is 1.09. The van der Waals surface area contributed by atoms with Crippen molar-refractivity contribution in [3.05, 3.63) is 65.0 Å². The third kappa shape index (κ3) is 3.56. The molecule has 0 amide bonds. The van der Waals surface area contributed by atoms with E-state index in [0.29, 0.717) is 6.04 Å². The van der Waals surface area contributed by atoms with Crippen LogP contribution >= 0.6 is 28.3 Å². The fourth-order valence-corrected chi connectivity index (χ4v) is 3.33. The molecule has 1 unspecified atom stereocenters. The van der Waals surface area contributed by atoms with Crippen LogP contribution in [-0.2, 0) is 0 Å². The molecule has 1 aliphatic rings. The maximum Gasteiger partial charge on any atom is 0.123 e. The van der Waals surface area contributed by atoms with Crippen LogP contribution in [-0.4, -0.2) is 16.5 Å². The van der Waals surface area contributed by atoms with Crippen LogP contribution in [0.1, 0.15) is 24.7 Å². The van der Waals surface area contributed by atoms with Crippen LogP contribution in [0.15, 0.2) is 59.2 Å². The maximum absolute atomic E-state index is 4.54. The maximum atomic E-state index is 4.54. The molecule has 124 valence electrons. The third-order valence-electron chi connectivity index (χ3n) is 4.36. The molecule has 3 nitrogen and oxygen atoms in total. The van der Waals surface area contributed by atoms with E-state index in [9.17, 15) is 0 Å². The molecule has 0 spiro atoms. The highest BCUT2D eigenvalue weighted by molar-refractivity contribution is 9.10. The average Bonchev–Trinajstić information content (AvgIpc) is 3.27. The van der Waals surface area contributed by atoms with E-state index in [1.807, 2.05) is 6.20 Å². The number of nitrogens with one attached hydrogen (secondary N) is 2. The summed E-state index contributed by atoms with van der Waals surface area (Å²) in [5.74, 6) is 1.05. The standard InChI is InChI=1S/C19H18BrN3.ClH/c20-16-9-7-14(8-10-16)13-3-5-15(6-4-13)18-12-22-19(23-18)17-2-1-11-21-17;/h3-10,12,17,21H,1-2,11H2,(H,22,23);1H. The number of aromatic nitrogens is 2. The second-order valence-electron chi connectivity index (χ2n) is 5.92. The molecule has 1 saturated heterocycles. The minimum absolute atomic E-state index is 0. The SMILES string of the molecule is Brc1ccc(-c2ccc(-c3cnc(C4CCCN4)[nH]3)cc2)cc1.Cl. The zero-order valence-corrected chi connectivity index (χ0v) is 15.5. The Labute approximate surface area is 156 Å².